The van der Waals surface area contributed by atoms with Gasteiger partial charge in [-0.25, -0.2) is 0 Å². The first-order chi connectivity index (χ1) is 12.1. The second-order valence-electron chi connectivity index (χ2n) is 8.06. The summed E-state index contributed by atoms with van der Waals surface area (Å²) in [6, 6.07) is 0.259. The lowest BCUT2D eigenvalue weighted by molar-refractivity contribution is -0.139. The normalized spacial score (nSPS) is 27.6. The number of piperazine rings is 1. The summed E-state index contributed by atoms with van der Waals surface area (Å²) in [6.07, 6.45) is 7.88. The summed E-state index contributed by atoms with van der Waals surface area (Å²) in [7, 11) is 0. The number of carbonyl (C=O) groups excluding carboxylic acids is 2. The largest absolute Gasteiger partial charge is 0.352 e. The number of carbonyl (C=O) groups is 2. The fourth-order valence-corrected chi connectivity index (χ4v) is 4.77. The number of rotatable bonds is 5. The van der Waals surface area contributed by atoms with Gasteiger partial charge in [-0.05, 0) is 45.1 Å². The van der Waals surface area contributed by atoms with Crippen LogP contribution in [0.5, 0.6) is 0 Å². The molecule has 1 saturated heterocycles. The summed E-state index contributed by atoms with van der Waals surface area (Å²) in [5.41, 5.74) is 5.83. The second-order valence-corrected chi connectivity index (χ2v) is 8.06. The van der Waals surface area contributed by atoms with E-state index in [1.54, 1.807) is 0 Å². The third-order valence-corrected chi connectivity index (χ3v) is 6.53. The Morgan fingerprint density at radius 2 is 1.63 bits per heavy atom. The van der Waals surface area contributed by atoms with E-state index in [-0.39, 0.29) is 48.6 Å². The van der Waals surface area contributed by atoms with Crippen LogP contribution in [0.15, 0.2) is 0 Å². The van der Waals surface area contributed by atoms with Gasteiger partial charge in [-0.1, -0.05) is 19.3 Å². The number of hydrogen-bond donors (Lipinski definition) is 2. The molecule has 27 heavy (non-hydrogen) atoms. The van der Waals surface area contributed by atoms with E-state index < -0.39 is 0 Å². The predicted molar refractivity (Wildman–Crippen MR) is 112 cm³/mol. The molecular formula is C19H36Cl2N4O2. The molecule has 3 aliphatic rings. The fraction of sp³-hybridized carbons (Fsp3) is 0.895. The molecule has 0 aromatic heterocycles. The minimum atomic E-state index is -0.110. The van der Waals surface area contributed by atoms with Crippen molar-refractivity contribution in [3.8, 4) is 0 Å². The number of halogens is 2. The van der Waals surface area contributed by atoms with Crippen LogP contribution in [0.4, 0.5) is 0 Å². The van der Waals surface area contributed by atoms with Crippen molar-refractivity contribution in [1.29, 1.82) is 0 Å². The minimum Gasteiger partial charge on any atom is -0.352 e. The molecule has 0 spiro atoms. The monoisotopic (exact) mass is 422 g/mol. The maximum atomic E-state index is 12.8. The van der Waals surface area contributed by atoms with Crippen molar-refractivity contribution < 1.29 is 9.59 Å². The van der Waals surface area contributed by atoms with E-state index in [0.29, 0.717) is 18.5 Å². The van der Waals surface area contributed by atoms with Crippen molar-refractivity contribution in [1.82, 2.24) is 15.1 Å². The van der Waals surface area contributed by atoms with E-state index in [9.17, 15) is 9.59 Å². The van der Waals surface area contributed by atoms with Gasteiger partial charge in [0.25, 0.3) is 0 Å². The zero-order valence-corrected chi connectivity index (χ0v) is 18.0. The van der Waals surface area contributed by atoms with Crippen LogP contribution in [0, 0.1) is 11.8 Å². The molecule has 3 atom stereocenters. The lowest BCUT2D eigenvalue weighted by Crippen LogP contribution is -2.56. The Kier molecular flexibility index (Phi) is 10.4. The fourth-order valence-electron chi connectivity index (χ4n) is 4.77. The lowest BCUT2D eigenvalue weighted by Gasteiger charge is -2.39. The average Bonchev–Trinajstić information content (AvgIpc) is 3.31. The Bertz CT molecular complexity index is 480. The van der Waals surface area contributed by atoms with Crippen molar-refractivity contribution in [2.45, 2.75) is 64.0 Å². The molecule has 0 bridgehead atoms. The smallest absolute Gasteiger partial charge is 0.237 e. The summed E-state index contributed by atoms with van der Waals surface area (Å²) < 4.78 is 0. The Morgan fingerprint density at radius 3 is 2.22 bits per heavy atom. The Morgan fingerprint density at radius 1 is 1.00 bits per heavy atom. The minimum absolute atomic E-state index is 0. The molecule has 0 radical (unpaired) electrons. The van der Waals surface area contributed by atoms with Gasteiger partial charge >= 0.3 is 0 Å². The number of nitrogens with two attached hydrogens (primary N) is 1. The summed E-state index contributed by atoms with van der Waals surface area (Å²) in [6.45, 7) is 5.63. The van der Waals surface area contributed by atoms with Gasteiger partial charge in [0.05, 0.1) is 6.04 Å². The second kappa shape index (κ2) is 11.4. The van der Waals surface area contributed by atoms with Gasteiger partial charge in [-0.15, -0.1) is 24.8 Å². The maximum Gasteiger partial charge on any atom is 0.237 e. The van der Waals surface area contributed by atoms with Gasteiger partial charge in [0.1, 0.15) is 0 Å². The molecule has 6 nitrogen and oxygen atoms in total. The van der Waals surface area contributed by atoms with Crippen molar-refractivity contribution in [2.75, 3.05) is 32.7 Å². The van der Waals surface area contributed by atoms with Crippen molar-refractivity contribution >= 4 is 36.6 Å². The SMILES string of the molecule is CC(C(=O)NC1CCCC1)N1CCN(C(=O)[C@@H]2CCC[C@@H]2CN)CC1.Cl.Cl. The van der Waals surface area contributed by atoms with Crippen molar-refractivity contribution in [2.24, 2.45) is 17.6 Å². The first-order valence-electron chi connectivity index (χ1n) is 10.1. The van der Waals surface area contributed by atoms with E-state index in [1.165, 1.54) is 12.8 Å². The highest BCUT2D eigenvalue weighted by molar-refractivity contribution is 5.85. The van der Waals surface area contributed by atoms with Gasteiger partial charge in [-0.3, -0.25) is 14.5 Å². The van der Waals surface area contributed by atoms with Gasteiger partial charge < -0.3 is 16.0 Å². The van der Waals surface area contributed by atoms with Crippen LogP contribution in [0.2, 0.25) is 0 Å². The van der Waals surface area contributed by atoms with Gasteiger partial charge in [0.15, 0.2) is 0 Å². The molecule has 2 saturated carbocycles. The third kappa shape index (κ3) is 5.96. The molecule has 2 amide bonds. The quantitative estimate of drug-likeness (QED) is 0.707. The van der Waals surface area contributed by atoms with Crippen molar-refractivity contribution in [3.63, 3.8) is 0 Å². The van der Waals surface area contributed by atoms with Crippen LogP contribution in [0.25, 0.3) is 0 Å². The number of nitrogens with zero attached hydrogens (tertiary/aromatic N) is 2. The topological polar surface area (TPSA) is 78.7 Å². The van der Waals surface area contributed by atoms with Gasteiger partial charge in [-0.2, -0.15) is 0 Å². The standard InChI is InChI=1S/C19H34N4O2.2ClH/c1-14(18(24)21-16-6-2-3-7-16)22-9-11-23(12-10-22)19(25)17-8-4-5-15(17)13-20;;/h14-17H,2-13,20H2,1H3,(H,21,24);2*1H/t14?,15-,17-;;/m1../s1. The van der Waals surface area contributed by atoms with Crippen molar-refractivity contribution in [3.05, 3.63) is 0 Å². The van der Waals surface area contributed by atoms with Gasteiger partial charge in [0.2, 0.25) is 11.8 Å². The van der Waals surface area contributed by atoms with Gasteiger partial charge in [0, 0.05) is 38.1 Å². The molecule has 0 aromatic rings. The molecule has 3 N–H and O–H groups in total. The number of hydrogen-bond acceptors (Lipinski definition) is 4. The number of nitrogens with one attached hydrogen (secondary N) is 1. The highest BCUT2D eigenvalue weighted by Crippen LogP contribution is 2.32. The Hall–Kier alpha value is -0.560. The zero-order valence-electron chi connectivity index (χ0n) is 16.4. The molecule has 1 heterocycles. The first-order valence-corrected chi connectivity index (χ1v) is 10.1. The van der Waals surface area contributed by atoms with Crippen LogP contribution in [0.3, 0.4) is 0 Å². The zero-order chi connectivity index (χ0) is 17.8. The molecule has 3 fully saturated rings. The molecule has 158 valence electrons. The van der Waals surface area contributed by atoms with Crippen LogP contribution in [-0.2, 0) is 9.59 Å². The van der Waals surface area contributed by atoms with E-state index in [4.69, 9.17) is 5.73 Å². The molecule has 8 heteroatoms. The third-order valence-electron chi connectivity index (χ3n) is 6.53. The average molecular weight is 423 g/mol. The van der Waals surface area contributed by atoms with Crippen LogP contribution in [-0.4, -0.2) is 66.4 Å². The van der Waals surface area contributed by atoms with Crippen LogP contribution >= 0.6 is 24.8 Å². The molecule has 1 unspecified atom stereocenters. The van der Waals surface area contributed by atoms with Crippen LogP contribution < -0.4 is 11.1 Å². The molecule has 1 aliphatic heterocycles. The summed E-state index contributed by atoms with van der Waals surface area (Å²) in [4.78, 5) is 29.4. The molecule has 0 aromatic carbocycles. The predicted octanol–water partition coefficient (Wildman–Crippen LogP) is 1.80. The lowest BCUT2D eigenvalue weighted by atomic mass is 9.94. The summed E-state index contributed by atoms with van der Waals surface area (Å²) in [5.74, 6) is 0.919. The Balaban J connectivity index is 0.00000182. The Labute approximate surface area is 175 Å². The van der Waals surface area contributed by atoms with E-state index in [1.807, 2.05) is 11.8 Å². The van der Waals surface area contributed by atoms with Crippen LogP contribution in [0.1, 0.15) is 51.9 Å². The maximum absolute atomic E-state index is 12.8. The van der Waals surface area contributed by atoms with E-state index >= 15 is 0 Å². The number of amides is 2. The molecule has 3 rings (SSSR count). The summed E-state index contributed by atoms with van der Waals surface area (Å²) in [5, 5.41) is 3.19. The molecular weight excluding hydrogens is 387 g/mol. The first kappa shape index (κ1) is 24.5. The van der Waals surface area contributed by atoms with E-state index in [2.05, 4.69) is 10.2 Å². The summed E-state index contributed by atoms with van der Waals surface area (Å²) >= 11 is 0. The van der Waals surface area contributed by atoms with E-state index in [0.717, 1.165) is 58.3 Å². The highest BCUT2D eigenvalue weighted by atomic mass is 35.5. The molecule has 2 aliphatic carbocycles. The highest BCUT2D eigenvalue weighted by Gasteiger charge is 2.36.